The lowest BCUT2D eigenvalue weighted by atomic mass is 9.99. The van der Waals surface area contributed by atoms with E-state index in [-0.39, 0.29) is 0 Å². The average Bonchev–Trinajstić information content (AvgIpc) is 3.81. The number of fused-ring (bicyclic) bond motifs is 7. The van der Waals surface area contributed by atoms with Crippen molar-refractivity contribution < 1.29 is 0 Å². The maximum absolute atomic E-state index is 5.12. The van der Waals surface area contributed by atoms with Gasteiger partial charge in [0.25, 0.3) is 0 Å². The van der Waals surface area contributed by atoms with E-state index in [1.165, 1.54) is 49.2 Å². The highest BCUT2D eigenvalue weighted by atomic mass is 15.0. The molecule has 262 valence electrons. The third kappa shape index (κ3) is 5.15. The van der Waals surface area contributed by atoms with E-state index in [0.29, 0.717) is 5.82 Å². The molecular formula is C52H34N4. The number of hydrogen-bond acceptors (Lipinski definition) is 2. The third-order valence-electron chi connectivity index (χ3n) is 10.9. The summed E-state index contributed by atoms with van der Waals surface area (Å²) >= 11 is 0. The Morgan fingerprint density at radius 1 is 0.321 bits per heavy atom. The smallest absolute Gasteiger partial charge is 0.160 e. The zero-order valence-corrected chi connectivity index (χ0v) is 30.4. The second-order valence-corrected chi connectivity index (χ2v) is 14.2. The summed E-state index contributed by atoms with van der Waals surface area (Å²) in [6, 6.07) is 73.1. The van der Waals surface area contributed by atoms with Crippen LogP contribution < -0.4 is 0 Å². The SMILES string of the molecule is c1ccc(-c2cc(-c3ccc(-n4c5cccc(-c6ccccc6)c5c5ccc6c(c7ccccc7n6-c6ccccc6)c54)cc3)nc(-c3ccccc3)n2)cc1. The maximum atomic E-state index is 5.12. The van der Waals surface area contributed by atoms with Crippen LogP contribution in [0.4, 0.5) is 0 Å². The molecule has 0 aliphatic carbocycles. The van der Waals surface area contributed by atoms with Crippen LogP contribution in [0.2, 0.25) is 0 Å². The van der Waals surface area contributed by atoms with Crippen molar-refractivity contribution in [3.63, 3.8) is 0 Å². The molecule has 56 heavy (non-hydrogen) atoms. The Bertz CT molecular complexity index is 3140. The summed E-state index contributed by atoms with van der Waals surface area (Å²) in [6.45, 7) is 0. The number of aromatic nitrogens is 4. The molecule has 8 aromatic carbocycles. The van der Waals surface area contributed by atoms with Gasteiger partial charge in [-0.1, -0.05) is 158 Å². The van der Waals surface area contributed by atoms with Gasteiger partial charge in [0, 0.05) is 49.6 Å². The van der Waals surface area contributed by atoms with E-state index in [9.17, 15) is 0 Å². The van der Waals surface area contributed by atoms with Crippen molar-refractivity contribution in [3.8, 4) is 56.4 Å². The highest BCUT2D eigenvalue weighted by Crippen LogP contribution is 2.44. The quantitative estimate of drug-likeness (QED) is 0.172. The van der Waals surface area contributed by atoms with Gasteiger partial charge < -0.3 is 9.13 Å². The molecule has 0 atom stereocenters. The lowest BCUT2D eigenvalue weighted by Gasteiger charge is -2.12. The lowest BCUT2D eigenvalue weighted by Crippen LogP contribution is -1.97. The van der Waals surface area contributed by atoms with Gasteiger partial charge in [0.05, 0.1) is 33.5 Å². The van der Waals surface area contributed by atoms with Crippen LogP contribution in [0.5, 0.6) is 0 Å². The molecule has 0 fully saturated rings. The minimum atomic E-state index is 0.707. The van der Waals surface area contributed by atoms with Crippen LogP contribution in [0.1, 0.15) is 0 Å². The molecule has 0 saturated carbocycles. The Hall–Kier alpha value is -7.56. The van der Waals surface area contributed by atoms with E-state index < -0.39 is 0 Å². The standard InChI is InChI=1S/C52H34N4/c1-5-16-35(17-6-1)41-25-15-27-47-49(41)43-32-33-48-50(42-24-13-14-26-46(42)55(48)39-22-11-4-12-23-39)51(43)56(47)40-30-28-37(29-31-40)45-34-44(36-18-7-2-8-19-36)53-52(54-45)38-20-9-3-10-21-38/h1-34H. The summed E-state index contributed by atoms with van der Waals surface area (Å²) in [5.74, 6) is 0.707. The highest BCUT2D eigenvalue weighted by Gasteiger charge is 2.22. The van der Waals surface area contributed by atoms with Gasteiger partial charge in [-0.2, -0.15) is 0 Å². The van der Waals surface area contributed by atoms with Crippen LogP contribution in [0.3, 0.4) is 0 Å². The van der Waals surface area contributed by atoms with Crippen molar-refractivity contribution in [2.24, 2.45) is 0 Å². The topological polar surface area (TPSA) is 35.6 Å². The van der Waals surface area contributed by atoms with E-state index in [1.807, 2.05) is 24.3 Å². The first kappa shape index (κ1) is 31.9. The summed E-state index contributed by atoms with van der Waals surface area (Å²) < 4.78 is 4.87. The van der Waals surface area contributed by atoms with Crippen molar-refractivity contribution in [1.82, 2.24) is 19.1 Å². The largest absolute Gasteiger partial charge is 0.309 e. The molecule has 0 unspecified atom stereocenters. The average molecular weight is 715 g/mol. The lowest BCUT2D eigenvalue weighted by molar-refractivity contribution is 1.17. The summed E-state index contributed by atoms with van der Waals surface area (Å²) in [5, 5.41) is 4.92. The minimum Gasteiger partial charge on any atom is -0.309 e. The first-order valence-electron chi connectivity index (χ1n) is 19.0. The Morgan fingerprint density at radius 3 is 1.55 bits per heavy atom. The number of para-hydroxylation sites is 2. The van der Waals surface area contributed by atoms with Crippen LogP contribution in [0.15, 0.2) is 206 Å². The summed E-state index contributed by atoms with van der Waals surface area (Å²) in [5.41, 5.74) is 14.2. The normalized spacial score (nSPS) is 11.6. The van der Waals surface area contributed by atoms with E-state index >= 15 is 0 Å². The van der Waals surface area contributed by atoms with Crippen LogP contribution in [0, 0.1) is 0 Å². The van der Waals surface area contributed by atoms with Gasteiger partial charge in [-0.25, -0.2) is 9.97 Å². The summed E-state index contributed by atoms with van der Waals surface area (Å²) in [4.78, 5) is 10.1. The molecule has 3 aromatic heterocycles. The van der Waals surface area contributed by atoms with Crippen molar-refractivity contribution >= 4 is 43.6 Å². The van der Waals surface area contributed by atoms with Gasteiger partial charge in [-0.05, 0) is 59.7 Å². The monoisotopic (exact) mass is 714 g/mol. The number of hydrogen-bond donors (Lipinski definition) is 0. The van der Waals surface area contributed by atoms with Gasteiger partial charge in [-0.15, -0.1) is 0 Å². The van der Waals surface area contributed by atoms with Crippen LogP contribution in [-0.2, 0) is 0 Å². The molecule has 3 heterocycles. The number of nitrogens with zero attached hydrogens (tertiary/aromatic N) is 4. The zero-order valence-electron chi connectivity index (χ0n) is 30.4. The van der Waals surface area contributed by atoms with Gasteiger partial charge >= 0.3 is 0 Å². The van der Waals surface area contributed by atoms with Crippen LogP contribution in [-0.4, -0.2) is 19.1 Å². The number of rotatable bonds is 6. The van der Waals surface area contributed by atoms with Crippen molar-refractivity contribution in [2.75, 3.05) is 0 Å². The first-order valence-corrected chi connectivity index (χ1v) is 19.0. The molecule has 4 nitrogen and oxygen atoms in total. The maximum Gasteiger partial charge on any atom is 0.160 e. The van der Waals surface area contributed by atoms with Crippen molar-refractivity contribution in [1.29, 1.82) is 0 Å². The third-order valence-corrected chi connectivity index (χ3v) is 10.9. The molecule has 4 heteroatoms. The minimum absolute atomic E-state index is 0.707. The van der Waals surface area contributed by atoms with Gasteiger partial charge in [0.1, 0.15) is 0 Å². The summed E-state index contributed by atoms with van der Waals surface area (Å²) in [6.07, 6.45) is 0. The Balaban J connectivity index is 1.17. The molecule has 0 bridgehead atoms. The van der Waals surface area contributed by atoms with E-state index in [1.54, 1.807) is 0 Å². The molecule has 0 radical (unpaired) electrons. The molecule has 0 amide bonds. The predicted octanol–water partition coefficient (Wildman–Crippen LogP) is 13.3. The van der Waals surface area contributed by atoms with Gasteiger partial charge in [0.2, 0.25) is 0 Å². The Labute approximate surface area is 324 Å². The zero-order chi connectivity index (χ0) is 37.0. The molecule has 0 aliphatic heterocycles. The predicted molar refractivity (Wildman–Crippen MR) is 232 cm³/mol. The van der Waals surface area contributed by atoms with Crippen LogP contribution >= 0.6 is 0 Å². The van der Waals surface area contributed by atoms with E-state index in [2.05, 4.69) is 191 Å². The number of benzene rings is 8. The molecule has 11 aromatic rings. The van der Waals surface area contributed by atoms with Gasteiger partial charge in [0.15, 0.2) is 5.82 Å². The Kier molecular flexibility index (Phi) is 7.46. The van der Waals surface area contributed by atoms with Gasteiger partial charge in [-0.3, -0.25) is 0 Å². The van der Waals surface area contributed by atoms with Crippen LogP contribution in [0.25, 0.3) is 100 Å². The highest BCUT2D eigenvalue weighted by molar-refractivity contribution is 6.28. The Morgan fingerprint density at radius 2 is 0.857 bits per heavy atom. The molecule has 0 aliphatic rings. The van der Waals surface area contributed by atoms with E-state index in [0.717, 1.165) is 45.0 Å². The molecular weight excluding hydrogens is 681 g/mol. The first-order chi connectivity index (χ1) is 27.8. The molecule has 0 spiro atoms. The summed E-state index contributed by atoms with van der Waals surface area (Å²) in [7, 11) is 0. The fourth-order valence-corrected chi connectivity index (χ4v) is 8.44. The second kappa shape index (κ2) is 13.1. The fraction of sp³-hybridized carbons (Fsp3) is 0. The molecule has 0 N–H and O–H groups in total. The second-order valence-electron chi connectivity index (χ2n) is 14.2. The molecule has 11 rings (SSSR count). The fourth-order valence-electron chi connectivity index (χ4n) is 8.44. The van der Waals surface area contributed by atoms with Crippen molar-refractivity contribution in [3.05, 3.63) is 206 Å². The van der Waals surface area contributed by atoms with Crippen molar-refractivity contribution in [2.45, 2.75) is 0 Å². The van der Waals surface area contributed by atoms with E-state index in [4.69, 9.17) is 9.97 Å². The molecule has 0 saturated heterocycles.